The molecule has 1 aliphatic rings. The van der Waals surface area contributed by atoms with Gasteiger partial charge in [0.15, 0.2) is 0 Å². The Morgan fingerprint density at radius 2 is 0.766 bits per heavy atom. The number of hydrogen-bond acceptors (Lipinski definition) is 1. The zero-order valence-corrected chi connectivity index (χ0v) is 36.4. The van der Waals surface area contributed by atoms with E-state index in [-0.39, 0.29) is 5.41 Å². The van der Waals surface area contributed by atoms with Crippen molar-refractivity contribution in [3.63, 3.8) is 0 Å². The Hall–Kier alpha value is -7.74. The fraction of sp³-hybridized carbons (Fsp3) is 0.0794. The topological polar surface area (TPSA) is 3.24 Å². The van der Waals surface area contributed by atoms with Crippen LogP contribution in [-0.2, 0) is 5.41 Å². The summed E-state index contributed by atoms with van der Waals surface area (Å²) >= 11 is 0. The van der Waals surface area contributed by atoms with Gasteiger partial charge in [-0.25, -0.2) is 0 Å². The molecule has 0 bridgehead atoms. The van der Waals surface area contributed by atoms with Crippen molar-refractivity contribution in [1.29, 1.82) is 0 Å². The predicted octanol–water partition coefficient (Wildman–Crippen LogP) is 17.7. The number of fused-ring (bicyclic) bond motifs is 5. The molecule has 64 heavy (non-hydrogen) atoms. The van der Waals surface area contributed by atoms with Crippen LogP contribution in [-0.4, -0.2) is 0 Å². The van der Waals surface area contributed by atoms with Gasteiger partial charge in [-0.05, 0) is 168 Å². The largest absolute Gasteiger partial charge is 0.310 e. The predicted molar refractivity (Wildman–Crippen MR) is 275 cm³/mol. The molecular formula is C63H49N. The van der Waals surface area contributed by atoms with Crippen LogP contribution >= 0.6 is 0 Å². The summed E-state index contributed by atoms with van der Waals surface area (Å²) in [5, 5.41) is 4.96. The van der Waals surface area contributed by atoms with Crippen molar-refractivity contribution in [3.05, 3.63) is 247 Å². The Morgan fingerprint density at radius 3 is 1.34 bits per heavy atom. The fourth-order valence-electron chi connectivity index (χ4n) is 10.3. The molecule has 0 amide bonds. The van der Waals surface area contributed by atoms with Gasteiger partial charge < -0.3 is 4.90 Å². The molecule has 0 aromatic heterocycles. The number of nitrogens with zero attached hydrogens (tertiary/aromatic N) is 1. The van der Waals surface area contributed by atoms with Gasteiger partial charge in [0.1, 0.15) is 0 Å². The zero-order valence-electron chi connectivity index (χ0n) is 36.4. The van der Waals surface area contributed by atoms with E-state index < -0.39 is 0 Å². The summed E-state index contributed by atoms with van der Waals surface area (Å²) in [5.74, 6) is 0. The van der Waals surface area contributed by atoms with Gasteiger partial charge in [0.05, 0.1) is 0 Å². The van der Waals surface area contributed by atoms with Gasteiger partial charge in [-0.15, -0.1) is 0 Å². The molecule has 10 aromatic rings. The molecular weight excluding hydrogens is 771 g/mol. The summed E-state index contributed by atoms with van der Waals surface area (Å²) in [6.45, 7) is 4.71. The highest BCUT2D eigenvalue weighted by Gasteiger charge is 2.41. The van der Waals surface area contributed by atoms with Gasteiger partial charge in [0.25, 0.3) is 0 Å². The molecule has 0 heterocycles. The highest BCUT2D eigenvalue weighted by molar-refractivity contribution is 5.99. The first kappa shape index (κ1) is 39.1. The van der Waals surface area contributed by atoms with E-state index in [4.69, 9.17) is 0 Å². The van der Waals surface area contributed by atoms with Crippen LogP contribution in [0.15, 0.2) is 224 Å². The van der Waals surface area contributed by atoms with Crippen molar-refractivity contribution in [1.82, 2.24) is 0 Å². The van der Waals surface area contributed by atoms with Crippen molar-refractivity contribution in [2.45, 2.75) is 32.1 Å². The summed E-state index contributed by atoms with van der Waals surface area (Å²) < 4.78 is 0. The van der Waals surface area contributed by atoms with Crippen LogP contribution in [0.4, 0.5) is 17.1 Å². The van der Waals surface area contributed by atoms with E-state index in [0.717, 1.165) is 24.2 Å². The lowest BCUT2D eigenvalue weighted by molar-refractivity contribution is 0.490. The van der Waals surface area contributed by atoms with Crippen molar-refractivity contribution < 1.29 is 0 Å². The van der Waals surface area contributed by atoms with Crippen molar-refractivity contribution >= 4 is 50.8 Å². The first-order valence-corrected chi connectivity index (χ1v) is 22.7. The van der Waals surface area contributed by atoms with Gasteiger partial charge >= 0.3 is 0 Å². The summed E-state index contributed by atoms with van der Waals surface area (Å²) in [6, 6.07) is 82.4. The molecule has 0 radical (unpaired) electrons. The van der Waals surface area contributed by atoms with Crippen molar-refractivity contribution in [2.75, 3.05) is 4.90 Å². The molecule has 1 aliphatic carbocycles. The summed E-state index contributed by atoms with van der Waals surface area (Å²) in [7, 11) is 0. The highest BCUT2D eigenvalue weighted by Crippen LogP contribution is 2.54. The van der Waals surface area contributed by atoms with E-state index in [0.29, 0.717) is 0 Å². The van der Waals surface area contributed by atoms with E-state index in [2.05, 4.69) is 255 Å². The van der Waals surface area contributed by atoms with Crippen molar-refractivity contribution in [2.24, 2.45) is 0 Å². The molecule has 0 atom stereocenters. The van der Waals surface area contributed by atoms with Crippen LogP contribution in [0.1, 0.15) is 48.9 Å². The third-order valence-electron chi connectivity index (χ3n) is 13.7. The molecule has 0 fully saturated rings. The second-order valence-corrected chi connectivity index (χ2v) is 17.2. The Kier molecular flexibility index (Phi) is 10.1. The second-order valence-electron chi connectivity index (χ2n) is 17.2. The molecule has 0 unspecified atom stereocenters. The number of hydrogen-bond donors (Lipinski definition) is 0. The summed E-state index contributed by atoms with van der Waals surface area (Å²) in [4.78, 5) is 2.38. The monoisotopic (exact) mass is 819 g/mol. The van der Waals surface area contributed by atoms with E-state index >= 15 is 0 Å². The Labute approximate surface area is 377 Å². The molecule has 1 heteroatoms. The lowest BCUT2D eigenvalue weighted by Gasteiger charge is -2.32. The van der Waals surface area contributed by atoms with Crippen LogP contribution in [0.2, 0.25) is 0 Å². The Balaban J connectivity index is 0.879. The maximum Gasteiger partial charge on any atom is 0.0465 e. The smallest absolute Gasteiger partial charge is 0.0465 e. The van der Waals surface area contributed by atoms with Gasteiger partial charge in [-0.3, -0.25) is 0 Å². The number of para-hydroxylation sites is 2. The Morgan fingerprint density at radius 1 is 0.328 bits per heavy atom. The first-order valence-electron chi connectivity index (χ1n) is 22.7. The minimum Gasteiger partial charge on any atom is -0.310 e. The second kappa shape index (κ2) is 16.5. The highest BCUT2D eigenvalue weighted by atomic mass is 15.1. The number of benzene rings is 10. The molecule has 0 aliphatic heterocycles. The van der Waals surface area contributed by atoms with Crippen LogP contribution in [0.5, 0.6) is 0 Å². The third kappa shape index (κ3) is 7.00. The average molecular weight is 820 g/mol. The van der Waals surface area contributed by atoms with Crippen LogP contribution < -0.4 is 4.90 Å². The van der Waals surface area contributed by atoms with E-state index in [9.17, 15) is 0 Å². The molecule has 10 aromatic carbocycles. The van der Waals surface area contributed by atoms with Crippen LogP contribution in [0.25, 0.3) is 78.2 Å². The maximum atomic E-state index is 2.46. The van der Waals surface area contributed by atoms with Crippen molar-refractivity contribution in [3.8, 4) is 44.5 Å². The minimum atomic E-state index is -0.0649. The van der Waals surface area contributed by atoms with Gasteiger partial charge in [0, 0.05) is 22.5 Å². The quantitative estimate of drug-likeness (QED) is 0.124. The maximum absolute atomic E-state index is 2.46. The summed E-state index contributed by atoms with van der Waals surface area (Å²) in [6.07, 6.45) is 6.62. The van der Waals surface area contributed by atoms with E-state index in [1.807, 2.05) is 0 Å². The molecule has 0 saturated carbocycles. The fourth-order valence-corrected chi connectivity index (χ4v) is 10.3. The normalized spacial score (nSPS) is 12.7. The molecule has 11 rings (SSSR count). The zero-order chi connectivity index (χ0) is 43.0. The van der Waals surface area contributed by atoms with Gasteiger partial charge in [-0.1, -0.05) is 184 Å². The minimum absolute atomic E-state index is 0.0649. The number of anilines is 3. The molecule has 1 nitrogen and oxygen atoms in total. The SMILES string of the molecule is CCC1(CC)c2cc(/C=C/c3ccc4cc(-c5ccc6cc(-c7ccccc7)c(-c7ccccc7)cc6c5)ccc4c3)ccc2-c2ccc(N(c3ccccc3)c3ccccc3)cc21. The first-order chi connectivity index (χ1) is 31.6. The summed E-state index contributed by atoms with van der Waals surface area (Å²) in [5.41, 5.74) is 18.8. The van der Waals surface area contributed by atoms with Gasteiger partial charge in [0.2, 0.25) is 0 Å². The van der Waals surface area contributed by atoms with Gasteiger partial charge in [-0.2, -0.15) is 0 Å². The molecule has 306 valence electrons. The number of rotatable bonds is 10. The van der Waals surface area contributed by atoms with Crippen LogP contribution in [0, 0.1) is 0 Å². The lowest BCUT2D eigenvalue weighted by atomic mass is 9.73. The molecule has 0 spiro atoms. The Bertz CT molecular complexity index is 3290. The molecule has 0 N–H and O–H groups in total. The average Bonchev–Trinajstić information content (AvgIpc) is 3.64. The third-order valence-corrected chi connectivity index (χ3v) is 13.7. The standard InChI is InChI=1S/C63H49N/c1-3-63(4-2)61-38-45(28-35-57(61)58-36-34-56(43-62(58)63)64(54-21-13-7-14-22-54)55-23-15-8-16-24-55)26-25-44-27-29-49-39-50(31-30-48(49)37-44)51-32-33-52-41-59(46-17-9-5-10-18-46)60(42-53(52)40-51)47-19-11-6-12-20-47/h5-43H,3-4H2,1-2H3/b26-25+. The van der Waals surface area contributed by atoms with E-state index in [1.165, 1.54) is 94.0 Å². The molecule has 0 saturated heterocycles. The van der Waals surface area contributed by atoms with Crippen LogP contribution in [0.3, 0.4) is 0 Å². The lowest BCUT2D eigenvalue weighted by Crippen LogP contribution is -2.23. The van der Waals surface area contributed by atoms with E-state index in [1.54, 1.807) is 0 Å².